The summed E-state index contributed by atoms with van der Waals surface area (Å²) in [5.41, 5.74) is 3.86. The molecule has 20 heavy (non-hydrogen) atoms. The van der Waals surface area contributed by atoms with Crippen LogP contribution in [0.4, 0.5) is 0 Å². The number of nitrogens with zero attached hydrogens (tertiary/aromatic N) is 2. The Morgan fingerprint density at radius 1 is 1.20 bits per heavy atom. The molecule has 1 aromatic heterocycles. The number of aromatic nitrogens is 2. The number of imidazole rings is 1. The predicted octanol–water partition coefficient (Wildman–Crippen LogP) is 4.50. The van der Waals surface area contributed by atoms with Crippen molar-refractivity contribution in [3.8, 4) is 17.1 Å². The molecule has 0 aliphatic heterocycles. The van der Waals surface area contributed by atoms with Crippen LogP contribution in [0.3, 0.4) is 0 Å². The number of benzene rings is 2. The molecule has 0 bridgehead atoms. The van der Waals surface area contributed by atoms with E-state index in [9.17, 15) is 5.11 Å². The summed E-state index contributed by atoms with van der Waals surface area (Å²) in [5, 5.41) is 9.90. The standard InChI is InChI=1S/C16H15BrN2O/c1-3-19-14-7-6-12(17)9-13(14)18-16(19)11-5-4-10(2)15(20)8-11/h4-9,20H,3H2,1-2H3. The van der Waals surface area contributed by atoms with E-state index in [1.165, 1.54) is 0 Å². The second-order valence-corrected chi connectivity index (χ2v) is 5.73. The molecule has 1 heterocycles. The van der Waals surface area contributed by atoms with Gasteiger partial charge >= 0.3 is 0 Å². The second-order valence-electron chi connectivity index (χ2n) is 4.81. The van der Waals surface area contributed by atoms with Crippen molar-refractivity contribution >= 4 is 27.0 Å². The van der Waals surface area contributed by atoms with E-state index in [2.05, 4.69) is 33.5 Å². The molecule has 0 atom stereocenters. The van der Waals surface area contributed by atoms with E-state index in [0.29, 0.717) is 5.75 Å². The average molecular weight is 331 g/mol. The first-order chi connectivity index (χ1) is 9.60. The molecular formula is C16H15BrN2O. The maximum Gasteiger partial charge on any atom is 0.141 e. The van der Waals surface area contributed by atoms with E-state index in [1.54, 1.807) is 6.07 Å². The number of phenols is 1. The minimum absolute atomic E-state index is 0.304. The van der Waals surface area contributed by atoms with Gasteiger partial charge in [0.2, 0.25) is 0 Å². The van der Waals surface area contributed by atoms with Crippen molar-refractivity contribution < 1.29 is 5.11 Å². The summed E-state index contributed by atoms with van der Waals surface area (Å²) in [6.45, 7) is 4.82. The molecule has 102 valence electrons. The Hall–Kier alpha value is -1.81. The number of aryl methyl sites for hydroxylation is 2. The van der Waals surface area contributed by atoms with Gasteiger partial charge in [-0.25, -0.2) is 4.98 Å². The highest BCUT2D eigenvalue weighted by Gasteiger charge is 2.12. The molecule has 0 aliphatic carbocycles. The van der Waals surface area contributed by atoms with Crippen LogP contribution in [0.1, 0.15) is 12.5 Å². The summed E-state index contributed by atoms with van der Waals surface area (Å²) in [4.78, 5) is 4.71. The fraction of sp³-hybridized carbons (Fsp3) is 0.188. The van der Waals surface area contributed by atoms with E-state index >= 15 is 0 Å². The van der Waals surface area contributed by atoms with Gasteiger partial charge in [0, 0.05) is 16.6 Å². The maximum atomic E-state index is 9.90. The number of aromatic hydroxyl groups is 1. The molecule has 0 amide bonds. The quantitative estimate of drug-likeness (QED) is 0.751. The van der Waals surface area contributed by atoms with Crippen LogP contribution >= 0.6 is 15.9 Å². The van der Waals surface area contributed by atoms with E-state index in [-0.39, 0.29) is 0 Å². The Labute approximate surface area is 126 Å². The summed E-state index contributed by atoms with van der Waals surface area (Å²) in [5.74, 6) is 1.19. The van der Waals surface area contributed by atoms with Crippen molar-refractivity contribution in [2.24, 2.45) is 0 Å². The number of phenolic OH excluding ortho intramolecular Hbond substituents is 1. The smallest absolute Gasteiger partial charge is 0.141 e. The van der Waals surface area contributed by atoms with Crippen LogP contribution < -0.4 is 0 Å². The minimum atomic E-state index is 0.304. The molecule has 3 rings (SSSR count). The van der Waals surface area contributed by atoms with Gasteiger partial charge in [-0.15, -0.1) is 0 Å². The van der Waals surface area contributed by atoms with Crippen LogP contribution in [-0.2, 0) is 6.54 Å². The van der Waals surface area contributed by atoms with Gasteiger partial charge in [0.15, 0.2) is 0 Å². The SMILES string of the molecule is CCn1c(-c2ccc(C)c(O)c2)nc2cc(Br)ccc21. The second kappa shape index (κ2) is 4.94. The predicted molar refractivity (Wildman–Crippen MR) is 84.9 cm³/mol. The third-order valence-electron chi connectivity index (χ3n) is 3.49. The molecule has 0 aliphatic rings. The first-order valence-electron chi connectivity index (χ1n) is 6.56. The van der Waals surface area contributed by atoms with Crippen molar-refractivity contribution in [3.63, 3.8) is 0 Å². The number of rotatable bonds is 2. The normalized spacial score (nSPS) is 11.2. The Kier molecular flexibility index (Phi) is 3.26. The molecule has 4 heteroatoms. The molecule has 0 fully saturated rings. The lowest BCUT2D eigenvalue weighted by Crippen LogP contribution is -1.97. The van der Waals surface area contributed by atoms with Crippen molar-refractivity contribution in [2.45, 2.75) is 20.4 Å². The average Bonchev–Trinajstić information content (AvgIpc) is 2.79. The lowest BCUT2D eigenvalue weighted by molar-refractivity contribution is 0.471. The van der Waals surface area contributed by atoms with Gasteiger partial charge in [-0.05, 0) is 43.7 Å². The zero-order valence-electron chi connectivity index (χ0n) is 11.4. The van der Waals surface area contributed by atoms with Gasteiger partial charge < -0.3 is 9.67 Å². The van der Waals surface area contributed by atoms with Crippen LogP contribution in [0.15, 0.2) is 40.9 Å². The van der Waals surface area contributed by atoms with Crippen molar-refractivity contribution in [1.29, 1.82) is 0 Å². The lowest BCUT2D eigenvalue weighted by Gasteiger charge is -2.07. The topological polar surface area (TPSA) is 38.0 Å². The number of halogens is 1. The van der Waals surface area contributed by atoms with Crippen LogP contribution in [0.2, 0.25) is 0 Å². The summed E-state index contributed by atoms with van der Waals surface area (Å²) >= 11 is 3.48. The molecular weight excluding hydrogens is 316 g/mol. The zero-order chi connectivity index (χ0) is 14.3. The molecule has 0 spiro atoms. The van der Waals surface area contributed by atoms with Crippen LogP contribution in [-0.4, -0.2) is 14.7 Å². The van der Waals surface area contributed by atoms with Crippen LogP contribution in [0, 0.1) is 6.92 Å². The number of fused-ring (bicyclic) bond motifs is 1. The summed E-state index contributed by atoms with van der Waals surface area (Å²) in [6, 6.07) is 11.8. The number of hydrogen-bond donors (Lipinski definition) is 1. The number of hydrogen-bond acceptors (Lipinski definition) is 2. The first-order valence-corrected chi connectivity index (χ1v) is 7.35. The lowest BCUT2D eigenvalue weighted by atomic mass is 10.1. The van der Waals surface area contributed by atoms with E-state index in [1.807, 2.05) is 31.2 Å². The molecule has 1 N–H and O–H groups in total. The largest absolute Gasteiger partial charge is 0.508 e. The molecule has 3 aromatic rings. The van der Waals surface area contributed by atoms with Crippen molar-refractivity contribution in [1.82, 2.24) is 9.55 Å². The maximum absolute atomic E-state index is 9.90. The highest BCUT2D eigenvalue weighted by Crippen LogP contribution is 2.29. The Balaban J connectivity index is 2.26. The van der Waals surface area contributed by atoms with Gasteiger partial charge in [-0.3, -0.25) is 0 Å². The minimum Gasteiger partial charge on any atom is -0.508 e. The fourth-order valence-electron chi connectivity index (χ4n) is 2.39. The third-order valence-corrected chi connectivity index (χ3v) is 3.99. The van der Waals surface area contributed by atoms with E-state index in [4.69, 9.17) is 4.98 Å². The van der Waals surface area contributed by atoms with Gasteiger partial charge in [0.05, 0.1) is 11.0 Å². The van der Waals surface area contributed by atoms with Gasteiger partial charge in [0.1, 0.15) is 11.6 Å². The van der Waals surface area contributed by atoms with Gasteiger partial charge in [-0.2, -0.15) is 0 Å². The summed E-state index contributed by atoms with van der Waals surface area (Å²) in [6.07, 6.45) is 0. The Morgan fingerprint density at radius 2 is 2.00 bits per heavy atom. The summed E-state index contributed by atoms with van der Waals surface area (Å²) < 4.78 is 3.18. The molecule has 3 nitrogen and oxygen atoms in total. The Morgan fingerprint density at radius 3 is 2.70 bits per heavy atom. The van der Waals surface area contributed by atoms with Crippen molar-refractivity contribution in [2.75, 3.05) is 0 Å². The van der Waals surface area contributed by atoms with Gasteiger partial charge in [-0.1, -0.05) is 28.1 Å². The highest BCUT2D eigenvalue weighted by atomic mass is 79.9. The molecule has 0 unspecified atom stereocenters. The molecule has 2 aromatic carbocycles. The molecule has 0 radical (unpaired) electrons. The van der Waals surface area contributed by atoms with Crippen LogP contribution in [0.5, 0.6) is 5.75 Å². The molecule has 0 saturated heterocycles. The van der Waals surface area contributed by atoms with Crippen LogP contribution in [0.25, 0.3) is 22.4 Å². The third kappa shape index (κ3) is 2.10. The van der Waals surface area contributed by atoms with Crippen molar-refractivity contribution in [3.05, 3.63) is 46.4 Å². The monoisotopic (exact) mass is 330 g/mol. The highest BCUT2D eigenvalue weighted by molar-refractivity contribution is 9.10. The van der Waals surface area contributed by atoms with Gasteiger partial charge in [0.25, 0.3) is 0 Å². The van der Waals surface area contributed by atoms with E-state index in [0.717, 1.165) is 39.0 Å². The zero-order valence-corrected chi connectivity index (χ0v) is 13.0. The summed E-state index contributed by atoms with van der Waals surface area (Å²) in [7, 11) is 0. The Bertz CT molecular complexity index is 793. The van der Waals surface area contributed by atoms with E-state index < -0.39 is 0 Å². The fourth-order valence-corrected chi connectivity index (χ4v) is 2.74. The first kappa shape index (κ1) is 13.2. The molecule has 0 saturated carbocycles.